The van der Waals surface area contributed by atoms with Crippen LogP contribution in [0.4, 0.5) is 10.1 Å². The van der Waals surface area contributed by atoms with E-state index >= 15 is 0 Å². The average Bonchev–Trinajstić information content (AvgIpc) is 2.40. The lowest BCUT2D eigenvalue weighted by atomic mass is 10.3. The van der Waals surface area contributed by atoms with Crippen LogP contribution >= 0.6 is 38.5 Å². The van der Waals surface area contributed by atoms with Gasteiger partial charge in [0.15, 0.2) is 18.2 Å². The van der Waals surface area contributed by atoms with E-state index in [2.05, 4.69) is 43.8 Å². The van der Waals surface area contributed by atoms with Crippen LogP contribution in [0.2, 0.25) is 0 Å². The van der Waals surface area contributed by atoms with Crippen LogP contribution < -0.4 is 10.1 Å². The third-order valence-corrected chi connectivity index (χ3v) is 3.83. The number of halogens is 3. The number of amides is 1. The molecular formula is C14H10BrFINO2. The predicted molar refractivity (Wildman–Crippen MR) is 87.4 cm³/mol. The van der Waals surface area contributed by atoms with Crippen molar-refractivity contribution >= 4 is 50.1 Å². The summed E-state index contributed by atoms with van der Waals surface area (Å²) in [5.41, 5.74) is 0.706. The zero-order valence-electron chi connectivity index (χ0n) is 10.2. The third kappa shape index (κ3) is 4.17. The lowest BCUT2D eigenvalue weighted by Crippen LogP contribution is -2.20. The SMILES string of the molecule is O=C(COc1ccc(Br)cc1F)Nc1ccccc1I. The number of anilines is 1. The lowest BCUT2D eigenvalue weighted by Gasteiger charge is -2.09. The molecule has 2 rings (SSSR count). The Morgan fingerprint density at radius 2 is 2.05 bits per heavy atom. The Labute approximate surface area is 137 Å². The van der Waals surface area contributed by atoms with Gasteiger partial charge in [-0.3, -0.25) is 4.79 Å². The second-order valence-electron chi connectivity index (χ2n) is 3.89. The van der Waals surface area contributed by atoms with Gasteiger partial charge in [-0.25, -0.2) is 4.39 Å². The molecule has 0 aliphatic rings. The molecule has 0 atom stereocenters. The fourth-order valence-electron chi connectivity index (χ4n) is 1.48. The van der Waals surface area contributed by atoms with Gasteiger partial charge in [0.1, 0.15) is 0 Å². The number of nitrogens with one attached hydrogen (secondary N) is 1. The maximum atomic E-state index is 13.5. The lowest BCUT2D eigenvalue weighted by molar-refractivity contribution is -0.118. The van der Waals surface area contributed by atoms with Gasteiger partial charge in [-0.1, -0.05) is 28.1 Å². The van der Waals surface area contributed by atoms with Gasteiger partial charge in [-0.05, 0) is 52.9 Å². The van der Waals surface area contributed by atoms with Crippen LogP contribution in [0, 0.1) is 9.39 Å². The second-order valence-corrected chi connectivity index (χ2v) is 5.97. The van der Waals surface area contributed by atoms with Crippen molar-refractivity contribution in [3.8, 4) is 5.75 Å². The molecule has 0 radical (unpaired) electrons. The molecule has 0 aromatic heterocycles. The van der Waals surface area contributed by atoms with Gasteiger partial charge in [0.25, 0.3) is 5.91 Å². The maximum Gasteiger partial charge on any atom is 0.262 e. The monoisotopic (exact) mass is 449 g/mol. The zero-order valence-corrected chi connectivity index (χ0v) is 13.9. The van der Waals surface area contributed by atoms with Gasteiger partial charge in [0, 0.05) is 8.04 Å². The van der Waals surface area contributed by atoms with Crippen LogP contribution in [0.3, 0.4) is 0 Å². The number of hydrogen-bond acceptors (Lipinski definition) is 2. The van der Waals surface area contributed by atoms with Gasteiger partial charge < -0.3 is 10.1 Å². The molecule has 0 unspecified atom stereocenters. The molecule has 0 heterocycles. The van der Waals surface area contributed by atoms with Crippen LogP contribution in [0.5, 0.6) is 5.75 Å². The van der Waals surface area contributed by atoms with Crippen LogP contribution in [0.1, 0.15) is 0 Å². The van der Waals surface area contributed by atoms with E-state index in [1.54, 1.807) is 12.1 Å². The van der Waals surface area contributed by atoms with Crippen LogP contribution in [-0.4, -0.2) is 12.5 Å². The van der Waals surface area contributed by atoms with E-state index in [1.807, 2.05) is 18.2 Å². The minimum Gasteiger partial charge on any atom is -0.481 e. The van der Waals surface area contributed by atoms with Crippen molar-refractivity contribution in [3.63, 3.8) is 0 Å². The van der Waals surface area contributed by atoms with Gasteiger partial charge in [-0.15, -0.1) is 0 Å². The molecule has 0 saturated heterocycles. The molecule has 0 bridgehead atoms. The van der Waals surface area contributed by atoms with E-state index in [9.17, 15) is 9.18 Å². The Kier molecular flexibility index (Phi) is 5.36. The fraction of sp³-hybridized carbons (Fsp3) is 0.0714. The van der Waals surface area contributed by atoms with E-state index in [1.165, 1.54) is 12.1 Å². The van der Waals surface area contributed by atoms with Crippen molar-refractivity contribution in [1.29, 1.82) is 0 Å². The average molecular weight is 450 g/mol. The van der Waals surface area contributed by atoms with Crippen molar-refractivity contribution in [1.82, 2.24) is 0 Å². The summed E-state index contributed by atoms with van der Waals surface area (Å²) in [6.07, 6.45) is 0. The first-order valence-electron chi connectivity index (χ1n) is 5.68. The molecule has 0 aliphatic carbocycles. The first-order valence-corrected chi connectivity index (χ1v) is 7.55. The molecule has 0 spiro atoms. The standard InChI is InChI=1S/C14H10BrFINO2/c15-9-5-6-13(10(16)7-9)20-8-14(19)18-12-4-2-1-3-11(12)17/h1-7H,8H2,(H,18,19). The molecule has 0 saturated carbocycles. The molecule has 0 fully saturated rings. The van der Waals surface area contributed by atoms with Crippen molar-refractivity contribution < 1.29 is 13.9 Å². The minimum atomic E-state index is -0.513. The molecule has 2 aromatic carbocycles. The molecule has 3 nitrogen and oxygen atoms in total. The normalized spacial score (nSPS) is 10.2. The summed E-state index contributed by atoms with van der Waals surface area (Å²) in [5, 5.41) is 2.71. The van der Waals surface area contributed by atoms with Gasteiger partial charge in [0.2, 0.25) is 0 Å². The third-order valence-electron chi connectivity index (χ3n) is 2.40. The van der Waals surface area contributed by atoms with Crippen LogP contribution in [-0.2, 0) is 4.79 Å². The molecule has 1 N–H and O–H groups in total. The number of carbonyl (C=O) groups excluding carboxylic acids is 1. The van der Waals surface area contributed by atoms with Gasteiger partial charge >= 0.3 is 0 Å². The number of para-hydroxylation sites is 1. The van der Waals surface area contributed by atoms with E-state index in [4.69, 9.17) is 4.74 Å². The van der Waals surface area contributed by atoms with Crippen molar-refractivity contribution in [3.05, 3.63) is 56.3 Å². The second kappa shape index (κ2) is 7.03. The van der Waals surface area contributed by atoms with E-state index < -0.39 is 5.82 Å². The summed E-state index contributed by atoms with van der Waals surface area (Å²) in [6.45, 7) is -0.247. The Hall–Kier alpha value is -1.15. The van der Waals surface area contributed by atoms with E-state index in [0.29, 0.717) is 10.2 Å². The summed E-state index contributed by atoms with van der Waals surface area (Å²) in [7, 11) is 0. The number of hydrogen-bond donors (Lipinski definition) is 1. The van der Waals surface area contributed by atoms with Crippen molar-refractivity contribution in [2.24, 2.45) is 0 Å². The van der Waals surface area contributed by atoms with E-state index in [-0.39, 0.29) is 18.3 Å². The fourth-order valence-corrected chi connectivity index (χ4v) is 2.34. The van der Waals surface area contributed by atoms with E-state index in [0.717, 1.165) is 3.57 Å². The van der Waals surface area contributed by atoms with Crippen molar-refractivity contribution in [2.45, 2.75) is 0 Å². The first-order chi connectivity index (χ1) is 9.56. The molecule has 0 aliphatic heterocycles. The Bertz CT molecular complexity index is 636. The zero-order chi connectivity index (χ0) is 14.5. The van der Waals surface area contributed by atoms with Gasteiger partial charge in [-0.2, -0.15) is 0 Å². The smallest absolute Gasteiger partial charge is 0.262 e. The van der Waals surface area contributed by atoms with Crippen molar-refractivity contribution in [2.75, 3.05) is 11.9 Å². The Morgan fingerprint density at radius 1 is 1.30 bits per heavy atom. The molecule has 6 heteroatoms. The Morgan fingerprint density at radius 3 is 2.75 bits per heavy atom. The number of ether oxygens (including phenoxy) is 1. The van der Waals surface area contributed by atoms with Crippen LogP contribution in [0.25, 0.3) is 0 Å². The molecule has 1 amide bonds. The summed E-state index contributed by atoms with van der Waals surface area (Å²) < 4.78 is 20.2. The summed E-state index contributed by atoms with van der Waals surface area (Å²) >= 11 is 5.27. The summed E-state index contributed by atoms with van der Waals surface area (Å²) in [4.78, 5) is 11.7. The molecule has 20 heavy (non-hydrogen) atoms. The topological polar surface area (TPSA) is 38.3 Å². The highest BCUT2D eigenvalue weighted by Gasteiger charge is 2.08. The highest BCUT2D eigenvalue weighted by atomic mass is 127. The van der Waals surface area contributed by atoms with Crippen LogP contribution in [0.15, 0.2) is 46.9 Å². The minimum absolute atomic E-state index is 0.0473. The number of benzene rings is 2. The quantitative estimate of drug-likeness (QED) is 0.710. The largest absolute Gasteiger partial charge is 0.481 e. The Balaban J connectivity index is 1.94. The highest BCUT2D eigenvalue weighted by molar-refractivity contribution is 14.1. The molecular weight excluding hydrogens is 440 g/mol. The summed E-state index contributed by atoms with van der Waals surface area (Å²) in [5.74, 6) is -0.802. The van der Waals surface area contributed by atoms with Gasteiger partial charge in [0.05, 0.1) is 5.69 Å². The first kappa shape index (κ1) is 15.2. The number of rotatable bonds is 4. The maximum absolute atomic E-state index is 13.5. The molecule has 104 valence electrons. The predicted octanol–water partition coefficient (Wildman–Crippen LogP) is 4.21. The summed E-state index contributed by atoms with van der Waals surface area (Å²) in [6, 6.07) is 11.8. The highest BCUT2D eigenvalue weighted by Crippen LogP contribution is 2.21. The number of carbonyl (C=O) groups is 1. The molecule has 2 aromatic rings.